The molecule has 0 aliphatic heterocycles. The Labute approximate surface area is 104 Å². The minimum Gasteiger partial charge on any atom is -0.478 e. The number of alkyl halides is 2. The van der Waals surface area contributed by atoms with Crippen molar-refractivity contribution in [2.45, 2.75) is 44.4 Å². The third kappa shape index (κ3) is 2.21. The molecule has 1 saturated carbocycles. The second-order valence-corrected chi connectivity index (χ2v) is 4.62. The van der Waals surface area contributed by atoms with Crippen molar-refractivity contribution >= 4 is 5.97 Å². The number of rotatable bonds is 4. The molecule has 1 aliphatic rings. The van der Waals surface area contributed by atoms with E-state index < -0.39 is 11.9 Å². The molecule has 1 aromatic heterocycles. The van der Waals surface area contributed by atoms with Crippen LogP contribution in [0.5, 0.6) is 0 Å². The molecule has 1 heterocycles. The summed E-state index contributed by atoms with van der Waals surface area (Å²) in [7, 11) is 0. The summed E-state index contributed by atoms with van der Waals surface area (Å²) in [4.78, 5) is 15.0. The van der Waals surface area contributed by atoms with E-state index in [2.05, 4.69) is 4.98 Å². The summed E-state index contributed by atoms with van der Waals surface area (Å²) in [5, 5.41) is 9.06. The smallest absolute Gasteiger partial charge is 0.337 e. The van der Waals surface area contributed by atoms with Crippen LogP contribution in [0.15, 0.2) is 12.1 Å². The van der Waals surface area contributed by atoms with Crippen molar-refractivity contribution < 1.29 is 18.7 Å². The highest BCUT2D eigenvalue weighted by atomic mass is 19.3. The Morgan fingerprint density at radius 2 is 2.17 bits per heavy atom. The summed E-state index contributed by atoms with van der Waals surface area (Å²) in [5.74, 6) is -4.07. The van der Waals surface area contributed by atoms with Gasteiger partial charge in [-0.2, -0.15) is 8.78 Å². The highest BCUT2D eigenvalue weighted by Crippen LogP contribution is 2.39. The first kappa shape index (κ1) is 12.9. The third-order valence-corrected chi connectivity index (χ3v) is 3.47. The second-order valence-electron chi connectivity index (χ2n) is 4.62. The van der Waals surface area contributed by atoms with Crippen molar-refractivity contribution in [3.05, 3.63) is 29.1 Å². The molecule has 0 bridgehead atoms. The molecule has 0 aromatic carbocycles. The van der Waals surface area contributed by atoms with Gasteiger partial charge in [-0.25, -0.2) is 4.79 Å². The summed E-state index contributed by atoms with van der Waals surface area (Å²) in [6.07, 6.45) is 2.32. The normalized spacial score (nSPS) is 16.4. The average molecular weight is 255 g/mol. The van der Waals surface area contributed by atoms with E-state index in [1.807, 2.05) is 0 Å². The molecule has 2 rings (SSSR count). The van der Waals surface area contributed by atoms with Crippen LogP contribution in [0.1, 0.15) is 60.3 Å². The zero-order valence-electron chi connectivity index (χ0n) is 10.1. The first-order valence-corrected chi connectivity index (χ1v) is 6.08. The van der Waals surface area contributed by atoms with Crippen LogP contribution in [0.4, 0.5) is 8.78 Å². The third-order valence-electron chi connectivity index (χ3n) is 3.47. The number of hydrogen-bond acceptors (Lipinski definition) is 2. The lowest BCUT2D eigenvalue weighted by atomic mass is 9.81. The van der Waals surface area contributed by atoms with E-state index >= 15 is 0 Å². The number of carbonyl (C=O) groups is 1. The van der Waals surface area contributed by atoms with Crippen LogP contribution in [0.25, 0.3) is 0 Å². The fourth-order valence-electron chi connectivity index (χ4n) is 2.03. The predicted octanol–water partition coefficient (Wildman–Crippen LogP) is 3.55. The fraction of sp³-hybridized carbons (Fsp3) is 0.538. The highest BCUT2D eigenvalue weighted by Gasteiger charge is 2.34. The van der Waals surface area contributed by atoms with E-state index in [4.69, 9.17) is 5.11 Å². The maximum Gasteiger partial charge on any atom is 0.337 e. The Morgan fingerprint density at radius 3 is 2.61 bits per heavy atom. The van der Waals surface area contributed by atoms with E-state index in [1.54, 1.807) is 0 Å². The van der Waals surface area contributed by atoms with Gasteiger partial charge >= 0.3 is 5.97 Å². The van der Waals surface area contributed by atoms with Gasteiger partial charge in [-0.05, 0) is 25.0 Å². The number of nitrogens with zero attached hydrogens (tertiary/aromatic N) is 1. The fourth-order valence-corrected chi connectivity index (χ4v) is 2.03. The number of carboxylic acid groups (broad SMARTS) is 1. The van der Waals surface area contributed by atoms with Gasteiger partial charge in [-0.15, -0.1) is 0 Å². The largest absolute Gasteiger partial charge is 0.478 e. The van der Waals surface area contributed by atoms with Crippen molar-refractivity contribution in [1.29, 1.82) is 0 Å². The Hall–Kier alpha value is -1.52. The topological polar surface area (TPSA) is 50.2 Å². The molecule has 5 heteroatoms. The van der Waals surface area contributed by atoms with Gasteiger partial charge in [0.05, 0.1) is 11.3 Å². The van der Waals surface area contributed by atoms with E-state index in [-0.39, 0.29) is 23.6 Å². The average Bonchev–Trinajstić information content (AvgIpc) is 2.26. The first-order chi connectivity index (χ1) is 8.45. The summed E-state index contributed by atoms with van der Waals surface area (Å²) >= 11 is 0. The van der Waals surface area contributed by atoms with Gasteiger partial charge in [0.15, 0.2) is 0 Å². The lowest BCUT2D eigenvalue weighted by Gasteiger charge is -2.27. The van der Waals surface area contributed by atoms with Crippen LogP contribution in [-0.2, 0) is 5.92 Å². The standard InChI is InChI=1S/C13H15F2NO2/c1-2-13(14,15)10-7-6-9(12(17)18)11(16-10)8-4-3-5-8/h6-8H,2-5H2,1H3,(H,17,18). The Bertz CT molecular complexity index is 470. The van der Waals surface area contributed by atoms with Crippen LogP contribution >= 0.6 is 0 Å². The first-order valence-electron chi connectivity index (χ1n) is 6.08. The molecule has 1 aliphatic carbocycles. The summed E-state index contributed by atoms with van der Waals surface area (Å²) in [5.41, 5.74) is 0.0478. The second kappa shape index (κ2) is 4.63. The minimum absolute atomic E-state index is 0.0173. The molecule has 0 spiro atoms. The van der Waals surface area contributed by atoms with E-state index in [0.717, 1.165) is 25.3 Å². The summed E-state index contributed by atoms with van der Waals surface area (Å²) in [6, 6.07) is 2.37. The van der Waals surface area contributed by atoms with Crippen molar-refractivity contribution in [3.8, 4) is 0 Å². The van der Waals surface area contributed by atoms with Gasteiger partial charge in [0.25, 0.3) is 5.92 Å². The van der Waals surface area contributed by atoms with Gasteiger partial charge in [-0.3, -0.25) is 4.98 Å². The van der Waals surface area contributed by atoms with Crippen LogP contribution in [0, 0.1) is 0 Å². The maximum absolute atomic E-state index is 13.6. The summed E-state index contributed by atoms with van der Waals surface area (Å²) in [6.45, 7) is 1.38. The van der Waals surface area contributed by atoms with Gasteiger partial charge in [0, 0.05) is 12.3 Å². The summed E-state index contributed by atoms with van der Waals surface area (Å²) < 4.78 is 27.1. The van der Waals surface area contributed by atoms with Gasteiger partial charge in [0.1, 0.15) is 5.69 Å². The quantitative estimate of drug-likeness (QED) is 0.895. The highest BCUT2D eigenvalue weighted by molar-refractivity contribution is 5.89. The predicted molar refractivity (Wildman–Crippen MR) is 62.0 cm³/mol. The number of aromatic nitrogens is 1. The molecule has 0 unspecified atom stereocenters. The number of carboxylic acids is 1. The van der Waals surface area contributed by atoms with Crippen molar-refractivity contribution in [1.82, 2.24) is 4.98 Å². The lowest BCUT2D eigenvalue weighted by molar-refractivity contribution is -0.0131. The van der Waals surface area contributed by atoms with Crippen molar-refractivity contribution in [2.75, 3.05) is 0 Å². The Kier molecular flexibility index (Phi) is 3.32. The van der Waals surface area contributed by atoms with Crippen molar-refractivity contribution in [2.24, 2.45) is 0 Å². The number of hydrogen-bond donors (Lipinski definition) is 1. The van der Waals surface area contributed by atoms with Crippen LogP contribution in [0.2, 0.25) is 0 Å². The van der Waals surface area contributed by atoms with E-state index in [0.29, 0.717) is 5.69 Å². The Balaban J connectivity index is 2.45. The SMILES string of the molecule is CCC(F)(F)c1ccc(C(=O)O)c(C2CCC2)n1. The van der Waals surface area contributed by atoms with E-state index in [1.165, 1.54) is 13.0 Å². The minimum atomic E-state index is -2.99. The zero-order chi connectivity index (χ0) is 13.3. The Morgan fingerprint density at radius 1 is 1.50 bits per heavy atom. The zero-order valence-corrected chi connectivity index (χ0v) is 10.1. The molecule has 0 radical (unpaired) electrons. The van der Waals surface area contributed by atoms with Gasteiger partial charge in [0.2, 0.25) is 0 Å². The molecule has 18 heavy (non-hydrogen) atoms. The number of pyridine rings is 1. The maximum atomic E-state index is 13.6. The monoisotopic (exact) mass is 255 g/mol. The van der Waals surface area contributed by atoms with Crippen LogP contribution in [0.3, 0.4) is 0 Å². The van der Waals surface area contributed by atoms with Crippen molar-refractivity contribution in [3.63, 3.8) is 0 Å². The van der Waals surface area contributed by atoms with E-state index in [9.17, 15) is 13.6 Å². The molecular formula is C13H15F2NO2. The van der Waals surface area contributed by atoms with Gasteiger partial charge in [-0.1, -0.05) is 13.3 Å². The molecule has 3 nitrogen and oxygen atoms in total. The number of halogens is 2. The molecule has 1 fully saturated rings. The lowest BCUT2D eigenvalue weighted by Crippen LogP contribution is -2.20. The molecule has 0 atom stereocenters. The van der Waals surface area contributed by atoms with Crippen LogP contribution < -0.4 is 0 Å². The molecule has 1 N–H and O–H groups in total. The molecule has 98 valence electrons. The molecule has 0 amide bonds. The molecule has 1 aromatic rings. The molecule has 0 saturated heterocycles. The van der Waals surface area contributed by atoms with Crippen LogP contribution in [-0.4, -0.2) is 16.1 Å². The molecular weight excluding hydrogens is 240 g/mol. The van der Waals surface area contributed by atoms with Gasteiger partial charge < -0.3 is 5.11 Å². The number of aromatic carboxylic acids is 1.